The lowest BCUT2D eigenvalue weighted by Crippen LogP contribution is -2.39. The highest BCUT2D eigenvalue weighted by molar-refractivity contribution is 7.09. The Kier molecular flexibility index (Phi) is 7.23. The quantitative estimate of drug-likeness (QED) is 0.819. The number of thiophene rings is 1. The fourth-order valence-electron chi connectivity index (χ4n) is 2.24. The third-order valence-corrected chi connectivity index (χ3v) is 4.09. The SMILES string of the molecule is C=CCN(Cc1cccs1)C(=O)[C@@H]1CC[C@H](CN)O1.Cl. The molecular formula is C14H21ClN2O2S. The van der Waals surface area contributed by atoms with Gasteiger partial charge in [-0.05, 0) is 24.3 Å². The molecule has 0 aromatic carbocycles. The maximum absolute atomic E-state index is 12.4. The van der Waals surface area contributed by atoms with E-state index in [1.165, 1.54) is 4.88 Å². The van der Waals surface area contributed by atoms with Crippen molar-refractivity contribution < 1.29 is 9.53 Å². The third-order valence-electron chi connectivity index (χ3n) is 3.23. The van der Waals surface area contributed by atoms with Gasteiger partial charge in [0.2, 0.25) is 0 Å². The molecule has 1 saturated heterocycles. The number of halogens is 1. The molecule has 1 aliphatic rings. The first-order valence-electron chi connectivity index (χ1n) is 6.52. The van der Waals surface area contributed by atoms with E-state index in [1.807, 2.05) is 17.5 Å². The van der Waals surface area contributed by atoms with Crippen molar-refractivity contribution in [3.63, 3.8) is 0 Å². The molecule has 6 heteroatoms. The standard InChI is InChI=1S/C14H20N2O2S.ClH/c1-2-7-16(10-12-4-3-8-19-12)14(17)13-6-5-11(9-15)18-13;/h2-4,8,11,13H,1,5-7,9-10,15H2;1H/t11-,13+;/m1./s1. The van der Waals surface area contributed by atoms with Crippen molar-refractivity contribution in [1.82, 2.24) is 4.90 Å². The van der Waals surface area contributed by atoms with E-state index >= 15 is 0 Å². The first kappa shape index (κ1) is 17.2. The summed E-state index contributed by atoms with van der Waals surface area (Å²) in [5, 5.41) is 2.02. The van der Waals surface area contributed by atoms with Crippen LogP contribution in [-0.4, -0.2) is 36.1 Å². The Morgan fingerprint density at radius 2 is 2.40 bits per heavy atom. The fourth-order valence-corrected chi connectivity index (χ4v) is 2.96. The topological polar surface area (TPSA) is 55.6 Å². The summed E-state index contributed by atoms with van der Waals surface area (Å²) in [4.78, 5) is 15.4. The lowest BCUT2D eigenvalue weighted by atomic mass is 10.1. The summed E-state index contributed by atoms with van der Waals surface area (Å²) in [5.74, 6) is 0.0456. The molecule has 4 nitrogen and oxygen atoms in total. The summed E-state index contributed by atoms with van der Waals surface area (Å²) in [6.07, 6.45) is 3.07. The molecule has 20 heavy (non-hydrogen) atoms. The van der Waals surface area contributed by atoms with Crippen LogP contribution >= 0.6 is 23.7 Å². The molecule has 112 valence electrons. The van der Waals surface area contributed by atoms with Gasteiger partial charge in [-0.1, -0.05) is 12.1 Å². The predicted molar refractivity (Wildman–Crippen MR) is 84.1 cm³/mol. The molecule has 2 N–H and O–H groups in total. The number of carbonyl (C=O) groups excluding carboxylic acids is 1. The highest BCUT2D eigenvalue weighted by Gasteiger charge is 2.32. The molecule has 1 aromatic heterocycles. The van der Waals surface area contributed by atoms with E-state index in [0.29, 0.717) is 19.6 Å². The number of hydrogen-bond donors (Lipinski definition) is 1. The number of amides is 1. The average Bonchev–Trinajstić information content (AvgIpc) is 3.08. The molecule has 1 amide bonds. The first-order chi connectivity index (χ1) is 9.24. The van der Waals surface area contributed by atoms with Crippen molar-refractivity contribution in [2.24, 2.45) is 5.73 Å². The van der Waals surface area contributed by atoms with Crippen LogP contribution in [0.3, 0.4) is 0 Å². The third kappa shape index (κ3) is 4.31. The van der Waals surface area contributed by atoms with Gasteiger partial charge in [0.15, 0.2) is 0 Å². The van der Waals surface area contributed by atoms with Gasteiger partial charge in [-0.3, -0.25) is 4.79 Å². The van der Waals surface area contributed by atoms with Crippen molar-refractivity contribution in [3.8, 4) is 0 Å². The molecule has 2 atom stereocenters. The van der Waals surface area contributed by atoms with E-state index in [2.05, 4.69) is 6.58 Å². The van der Waals surface area contributed by atoms with Crippen molar-refractivity contribution in [1.29, 1.82) is 0 Å². The molecule has 1 fully saturated rings. The maximum Gasteiger partial charge on any atom is 0.252 e. The lowest BCUT2D eigenvalue weighted by Gasteiger charge is -2.24. The van der Waals surface area contributed by atoms with Crippen molar-refractivity contribution in [2.75, 3.05) is 13.1 Å². The number of nitrogens with two attached hydrogens (primary N) is 1. The zero-order valence-electron chi connectivity index (χ0n) is 11.4. The number of ether oxygens (including phenoxy) is 1. The minimum Gasteiger partial charge on any atom is -0.364 e. The molecule has 0 bridgehead atoms. The maximum atomic E-state index is 12.4. The Morgan fingerprint density at radius 3 is 2.95 bits per heavy atom. The van der Waals surface area contributed by atoms with E-state index in [9.17, 15) is 4.79 Å². The van der Waals surface area contributed by atoms with Crippen molar-refractivity contribution in [3.05, 3.63) is 35.0 Å². The molecule has 0 spiro atoms. The van der Waals surface area contributed by atoms with Crippen LogP contribution in [0.25, 0.3) is 0 Å². The molecule has 2 heterocycles. The van der Waals surface area contributed by atoms with Crippen LogP contribution in [0, 0.1) is 0 Å². The second-order valence-electron chi connectivity index (χ2n) is 4.65. The molecule has 1 aliphatic heterocycles. The Hall–Kier alpha value is -0.880. The number of hydrogen-bond acceptors (Lipinski definition) is 4. The smallest absolute Gasteiger partial charge is 0.252 e. The van der Waals surface area contributed by atoms with Crippen LogP contribution in [0.1, 0.15) is 17.7 Å². The van der Waals surface area contributed by atoms with Gasteiger partial charge in [0, 0.05) is 18.0 Å². The Bertz CT molecular complexity index is 425. The Morgan fingerprint density at radius 1 is 1.60 bits per heavy atom. The number of carbonyl (C=O) groups is 1. The van der Waals surface area contributed by atoms with Gasteiger partial charge in [0.1, 0.15) is 6.10 Å². The highest BCUT2D eigenvalue weighted by Crippen LogP contribution is 2.22. The van der Waals surface area contributed by atoms with Gasteiger partial charge in [0.05, 0.1) is 12.6 Å². The van der Waals surface area contributed by atoms with Gasteiger partial charge in [-0.25, -0.2) is 0 Å². The van der Waals surface area contributed by atoms with Crippen LogP contribution in [0.4, 0.5) is 0 Å². The molecule has 0 aliphatic carbocycles. The van der Waals surface area contributed by atoms with Gasteiger partial charge in [-0.15, -0.1) is 30.3 Å². The number of rotatable bonds is 6. The minimum atomic E-state index is -0.339. The highest BCUT2D eigenvalue weighted by atomic mass is 35.5. The van der Waals surface area contributed by atoms with Gasteiger partial charge >= 0.3 is 0 Å². The van der Waals surface area contributed by atoms with E-state index in [1.54, 1.807) is 22.3 Å². The lowest BCUT2D eigenvalue weighted by molar-refractivity contribution is -0.142. The van der Waals surface area contributed by atoms with Crippen LogP contribution in [0.5, 0.6) is 0 Å². The summed E-state index contributed by atoms with van der Waals surface area (Å²) in [6, 6.07) is 4.03. The van der Waals surface area contributed by atoms with Gasteiger partial charge < -0.3 is 15.4 Å². The zero-order chi connectivity index (χ0) is 13.7. The normalized spacial score (nSPS) is 21.2. The van der Waals surface area contributed by atoms with E-state index in [0.717, 1.165) is 12.8 Å². The molecule has 0 unspecified atom stereocenters. The summed E-state index contributed by atoms with van der Waals surface area (Å²) in [7, 11) is 0. The van der Waals surface area contributed by atoms with E-state index < -0.39 is 0 Å². The van der Waals surface area contributed by atoms with Gasteiger partial charge in [0.25, 0.3) is 5.91 Å². The van der Waals surface area contributed by atoms with E-state index in [4.69, 9.17) is 10.5 Å². The Balaban J connectivity index is 0.00000200. The summed E-state index contributed by atoms with van der Waals surface area (Å²) in [6.45, 7) is 5.37. The summed E-state index contributed by atoms with van der Waals surface area (Å²) < 4.78 is 5.67. The molecule has 1 aromatic rings. The van der Waals surface area contributed by atoms with Crippen LogP contribution < -0.4 is 5.73 Å². The van der Waals surface area contributed by atoms with Crippen LogP contribution in [0.2, 0.25) is 0 Å². The van der Waals surface area contributed by atoms with E-state index in [-0.39, 0.29) is 30.5 Å². The average molecular weight is 317 g/mol. The predicted octanol–water partition coefficient (Wildman–Crippen LogP) is 2.19. The molecular weight excluding hydrogens is 296 g/mol. The summed E-state index contributed by atoms with van der Waals surface area (Å²) >= 11 is 1.65. The van der Waals surface area contributed by atoms with Crippen molar-refractivity contribution in [2.45, 2.75) is 31.6 Å². The largest absolute Gasteiger partial charge is 0.364 e. The molecule has 0 radical (unpaired) electrons. The second kappa shape index (κ2) is 8.42. The molecule has 2 rings (SSSR count). The number of nitrogens with zero attached hydrogens (tertiary/aromatic N) is 1. The van der Waals surface area contributed by atoms with Crippen molar-refractivity contribution >= 4 is 29.7 Å². The van der Waals surface area contributed by atoms with Gasteiger partial charge in [-0.2, -0.15) is 0 Å². The Labute approximate surface area is 130 Å². The monoisotopic (exact) mass is 316 g/mol. The van der Waals surface area contributed by atoms with Crippen LogP contribution in [0.15, 0.2) is 30.2 Å². The zero-order valence-corrected chi connectivity index (χ0v) is 13.0. The molecule has 0 saturated carbocycles. The summed E-state index contributed by atoms with van der Waals surface area (Å²) in [5.41, 5.74) is 5.58. The fraction of sp³-hybridized carbons (Fsp3) is 0.500. The first-order valence-corrected chi connectivity index (χ1v) is 7.40. The minimum absolute atomic E-state index is 0. The van der Waals surface area contributed by atoms with Crippen LogP contribution in [-0.2, 0) is 16.1 Å². The second-order valence-corrected chi connectivity index (χ2v) is 5.68.